The normalized spacial score (nSPS) is 20.8. The van der Waals surface area contributed by atoms with E-state index in [9.17, 15) is 5.11 Å². The highest BCUT2D eigenvalue weighted by Gasteiger charge is 2.20. The predicted octanol–water partition coefficient (Wildman–Crippen LogP) is 1.29. The number of nitrogens with zero attached hydrogens (tertiary/aromatic N) is 1. The molecule has 1 N–H and O–H groups in total. The highest BCUT2D eigenvalue weighted by atomic mass is 16.7. The van der Waals surface area contributed by atoms with Gasteiger partial charge in [-0.1, -0.05) is 12.1 Å². The molecule has 1 aromatic rings. The molecule has 0 radical (unpaired) electrons. The molecular formula is C13H19NO3. The maximum Gasteiger partial charge on any atom is 0.122 e. The molecule has 1 atom stereocenters. The first kappa shape index (κ1) is 12.4. The van der Waals surface area contributed by atoms with Gasteiger partial charge in [-0.2, -0.15) is 5.06 Å². The zero-order chi connectivity index (χ0) is 12.3. The Hall–Kier alpha value is -1.10. The number of aryl methyl sites for hydroxylation is 2. The van der Waals surface area contributed by atoms with Crippen LogP contribution >= 0.6 is 0 Å². The third-order valence-corrected chi connectivity index (χ3v) is 2.81. The Balaban J connectivity index is 1.80. The molecule has 1 fully saturated rings. The molecule has 94 valence electrons. The van der Waals surface area contributed by atoms with Crippen LogP contribution in [0.1, 0.15) is 11.1 Å². The SMILES string of the molecule is Cc1ccc(C)c(OCCN2C[C@H](O)CO2)c1. The predicted molar refractivity (Wildman–Crippen MR) is 64.9 cm³/mol. The number of hydrogen-bond donors (Lipinski definition) is 1. The van der Waals surface area contributed by atoms with Crippen molar-refractivity contribution in [1.29, 1.82) is 0 Å². The topological polar surface area (TPSA) is 41.9 Å². The summed E-state index contributed by atoms with van der Waals surface area (Å²) in [5.41, 5.74) is 2.33. The number of aliphatic hydroxyl groups is 1. The van der Waals surface area contributed by atoms with E-state index in [2.05, 4.69) is 12.1 Å². The van der Waals surface area contributed by atoms with Gasteiger partial charge in [0.15, 0.2) is 0 Å². The minimum absolute atomic E-state index is 0.365. The van der Waals surface area contributed by atoms with E-state index >= 15 is 0 Å². The van der Waals surface area contributed by atoms with Gasteiger partial charge >= 0.3 is 0 Å². The van der Waals surface area contributed by atoms with E-state index in [1.165, 1.54) is 5.56 Å². The molecule has 0 saturated carbocycles. The molecular weight excluding hydrogens is 218 g/mol. The van der Waals surface area contributed by atoms with Crippen molar-refractivity contribution >= 4 is 0 Å². The van der Waals surface area contributed by atoms with E-state index in [1.807, 2.05) is 19.9 Å². The minimum atomic E-state index is -0.365. The van der Waals surface area contributed by atoms with Crippen LogP contribution in [0.3, 0.4) is 0 Å². The van der Waals surface area contributed by atoms with Crippen LogP contribution in [0.5, 0.6) is 5.75 Å². The molecule has 1 aromatic carbocycles. The number of aliphatic hydroxyl groups excluding tert-OH is 1. The van der Waals surface area contributed by atoms with Gasteiger partial charge in [0.05, 0.1) is 25.8 Å². The van der Waals surface area contributed by atoms with Gasteiger partial charge in [-0.15, -0.1) is 0 Å². The molecule has 1 saturated heterocycles. The summed E-state index contributed by atoms with van der Waals surface area (Å²) in [6.07, 6.45) is -0.365. The lowest BCUT2D eigenvalue weighted by Gasteiger charge is -2.15. The van der Waals surface area contributed by atoms with Crippen LogP contribution in [0.2, 0.25) is 0 Å². The molecule has 4 nitrogen and oxygen atoms in total. The van der Waals surface area contributed by atoms with Crippen LogP contribution < -0.4 is 4.74 Å². The van der Waals surface area contributed by atoms with Gasteiger partial charge in [-0.3, -0.25) is 4.84 Å². The van der Waals surface area contributed by atoms with E-state index in [4.69, 9.17) is 9.57 Å². The van der Waals surface area contributed by atoms with Crippen molar-refractivity contribution in [2.45, 2.75) is 20.0 Å². The number of β-amino-alcohol motifs (C(OH)–C–C–N with tert-alkyl or cyclic N) is 1. The molecule has 0 unspecified atom stereocenters. The summed E-state index contributed by atoms with van der Waals surface area (Å²) in [7, 11) is 0. The van der Waals surface area contributed by atoms with Crippen LogP contribution in [-0.2, 0) is 4.84 Å². The molecule has 0 aromatic heterocycles. The van der Waals surface area contributed by atoms with Gasteiger partial charge < -0.3 is 9.84 Å². The Labute approximate surface area is 102 Å². The van der Waals surface area contributed by atoms with Crippen LogP contribution in [0, 0.1) is 13.8 Å². The van der Waals surface area contributed by atoms with Crippen molar-refractivity contribution in [3.05, 3.63) is 29.3 Å². The molecule has 17 heavy (non-hydrogen) atoms. The van der Waals surface area contributed by atoms with Crippen LogP contribution in [-0.4, -0.2) is 42.6 Å². The van der Waals surface area contributed by atoms with Crippen molar-refractivity contribution < 1.29 is 14.7 Å². The van der Waals surface area contributed by atoms with E-state index in [0.717, 1.165) is 11.3 Å². The number of hydroxylamine groups is 2. The molecule has 0 aliphatic carbocycles. The Kier molecular flexibility index (Phi) is 3.99. The van der Waals surface area contributed by atoms with Gasteiger partial charge in [-0.25, -0.2) is 0 Å². The van der Waals surface area contributed by atoms with Crippen molar-refractivity contribution in [3.8, 4) is 5.75 Å². The van der Waals surface area contributed by atoms with Gasteiger partial charge in [0.1, 0.15) is 12.4 Å². The minimum Gasteiger partial charge on any atom is -0.492 e. The third kappa shape index (κ3) is 3.43. The first-order chi connectivity index (χ1) is 8.15. The second-order valence-electron chi connectivity index (χ2n) is 4.45. The average molecular weight is 237 g/mol. The molecule has 1 heterocycles. The van der Waals surface area contributed by atoms with Gasteiger partial charge in [0, 0.05) is 0 Å². The summed E-state index contributed by atoms with van der Waals surface area (Å²) in [6, 6.07) is 6.16. The summed E-state index contributed by atoms with van der Waals surface area (Å²) in [4.78, 5) is 5.26. The van der Waals surface area contributed by atoms with E-state index in [-0.39, 0.29) is 6.10 Å². The van der Waals surface area contributed by atoms with Crippen molar-refractivity contribution in [3.63, 3.8) is 0 Å². The third-order valence-electron chi connectivity index (χ3n) is 2.81. The Morgan fingerprint density at radius 2 is 2.29 bits per heavy atom. The molecule has 1 aliphatic rings. The quantitative estimate of drug-likeness (QED) is 0.857. The van der Waals surface area contributed by atoms with Gasteiger partial charge in [0.25, 0.3) is 0 Å². The average Bonchev–Trinajstić information content (AvgIpc) is 2.69. The fourth-order valence-corrected chi connectivity index (χ4v) is 1.81. The van der Waals surface area contributed by atoms with Gasteiger partial charge in [-0.05, 0) is 31.0 Å². The second kappa shape index (κ2) is 5.49. The molecule has 0 bridgehead atoms. The monoisotopic (exact) mass is 237 g/mol. The molecule has 1 aliphatic heterocycles. The Morgan fingerprint density at radius 1 is 1.47 bits per heavy atom. The second-order valence-corrected chi connectivity index (χ2v) is 4.45. The fraction of sp³-hybridized carbons (Fsp3) is 0.538. The Bertz CT molecular complexity index is 381. The standard InChI is InChI=1S/C13H19NO3/c1-10-3-4-11(2)13(7-10)16-6-5-14-8-12(15)9-17-14/h3-4,7,12,15H,5-6,8-9H2,1-2H3/t12-/m0/s1. The lowest BCUT2D eigenvalue weighted by atomic mass is 10.1. The summed E-state index contributed by atoms with van der Waals surface area (Å²) in [6.45, 7) is 6.28. The first-order valence-electron chi connectivity index (χ1n) is 5.91. The first-order valence-corrected chi connectivity index (χ1v) is 5.91. The zero-order valence-electron chi connectivity index (χ0n) is 10.3. The highest BCUT2D eigenvalue weighted by molar-refractivity contribution is 5.35. The van der Waals surface area contributed by atoms with E-state index < -0.39 is 0 Å². The number of rotatable bonds is 4. The van der Waals surface area contributed by atoms with Crippen LogP contribution in [0.4, 0.5) is 0 Å². The number of benzene rings is 1. The molecule has 0 spiro atoms. The maximum absolute atomic E-state index is 9.29. The smallest absolute Gasteiger partial charge is 0.122 e. The van der Waals surface area contributed by atoms with Crippen molar-refractivity contribution in [1.82, 2.24) is 5.06 Å². The lowest BCUT2D eigenvalue weighted by molar-refractivity contribution is -0.115. The fourth-order valence-electron chi connectivity index (χ4n) is 1.81. The van der Waals surface area contributed by atoms with Crippen molar-refractivity contribution in [2.75, 3.05) is 26.3 Å². The number of ether oxygens (including phenoxy) is 1. The molecule has 0 amide bonds. The van der Waals surface area contributed by atoms with Gasteiger partial charge in [0.2, 0.25) is 0 Å². The van der Waals surface area contributed by atoms with E-state index in [1.54, 1.807) is 5.06 Å². The Morgan fingerprint density at radius 3 is 3.00 bits per heavy atom. The maximum atomic E-state index is 9.29. The zero-order valence-corrected chi connectivity index (χ0v) is 10.3. The lowest BCUT2D eigenvalue weighted by Crippen LogP contribution is -2.26. The summed E-state index contributed by atoms with van der Waals surface area (Å²) >= 11 is 0. The summed E-state index contributed by atoms with van der Waals surface area (Å²) < 4.78 is 5.71. The van der Waals surface area contributed by atoms with Crippen molar-refractivity contribution in [2.24, 2.45) is 0 Å². The molecule has 2 rings (SSSR count). The van der Waals surface area contributed by atoms with Crippen LogP contribution in [0.15, 0.2) is 18.2 Å². The summed E-state index contributed by atoms with van der Waals surface area (Å²) in [5, 5.41) is 11.0. The largest absolute Gasteiger partial charge is 0.492 e. The van der Waals surface area contributed by atoms with E-state index in [0.29, 0.717) is 26.3 Å². The van der Waals surface area contributed by atoms with Crippen LogP contribution in [0.25, 0.3) is 0 Å². The highest BCUT2D eigenvalue weighted by Crippen LogP contribution is 2.19. The molecule has 4 heteroatoms. The summed E-state index contributed by atoms with van der Waals surface area (Å²) in [5.74, 6) is 0.921. The number of hydrogen-bond acceptors (Lipinski definition) is 4.